The third kappa shape index (κ3) is 3.98. The highest BCUT2D eigenvalue weighted by atomic mass is 16.2. The smallest absolute Gasteiger partial charge is 0.222 e. The lowest BCUT2D eigenvalue weighted by atomic mass is 9.93. The van der Waals surface area contributed by atoms with Crippen LogP contribution in [0.4, 0.5) is 0 Å². The van der Waals surface area contributed by atoms with E-state index >= 15 is 0 Å². The Bertz CT molecular complexity index is 251. The number of rotatable bonds is 3. The molecule has 2 fully saturated rings. The van der Waals surface area contributed by atoms with Crippen molar-refractivity contribution in [2.45, 2.75) is 57.8 Å². The summed E-state index contributed by atoms with van der Waals surface area (Å²) in [5.74, 6) is 1.71. The molecule has 0 spiro atoms. The zero-order valence-electron chi connectivity index (χ0n) is 11.6. The maximum absolute atomic E-state index is 12.3. The van der Waals surface area contributed by atoms with Gasteiger partial charge >= 0.3 is 0 Å². The van der Waals surface area contributed by atoms with Gasteiger partial charge in [-0.3, -0.25) is 4.79 Å². The van der Waals surface area contributed by atoms with Gasteiger partial charge in [0.2, 0.25) is 5.91 Å². The minimum atomic E-state index is 0.400. The van der Waals surface area contributed by atoms with Crippen LogP contribution in [0, 0.1) is 11.8 Å². The van der Waals surface area contributed by atoms with Crippen molar-refractivity contribution < 1.29 is 4.79 Å². The van der Waals surface area contributed by atoms with Crippen molar-refractivity contribution in [1.29, 1.82) is 0 Å². The van der Waals surface area contributed by atoms with Gasteiger partial charge in [0.1, 0.15) is 0 Å². The fourth-order valence-electron chi connectivity index (χ4n) is 3.36. The van der Waals surface area contributed by atoms with Crippen LogP contribution in [0.2, 0.25) is 0 Å². The molecule has 1 saturated carbocycles. The SMILES string of the molecule is NCC1CCN(C(=O)CC2CCCCCC2)CC1. The summed E-state index contributed by atoms with van der Waals surface area (Å²) in [5, 5.41) is 0. The average Bonchev–Trinajstić information content (AvgIpc) is 2.67. The topological polar surface area (TPSA) is 46.3 Å². The number of amides is 1. The van der Waals surface area contributed by atoms with Crippen LogP contribution in [-0.2, 0) is 4.79 Å². The summed E-state index contributed by atoms with van der Waals surface area (Å²) in [6, 6.07) is 0. The van der Waals surface area contributed by atoms with Gasteiger partial charge in [-0.2, -0.15) is 0 Å². The maximum Gasteiger partial charge on any atom is 0.222 e. The molecule has 2 rings (SSSR count). The Balaban J connectivity index is 1.74. The Kier molecular flexibility index (Phi) is 5.48. The van der Waals surface area contributed by atoms with Crippen molar-refractivity contribution in [3.63, 3.8) is 0 Å². The molecule has 2 N–H and O–H groups in total. The minimum Gasteiger partial charge on any atom is -0.343 e. The van der Waals surface area contributed by atoms with E-state index in [-0.39, 0.29) is 0 Å². The van der Waals surface area contributed by atoms with E-state index in [2.05, 4.69) is 4.90 Å². The van der Waals surface area contributed by atoms with Crippen molar-refractivity contribution in [3.8, 4) is 0 Å². The summed E-state index contributed by atoms with van der Waals surface area (Å²) >= 11 is 0. The molecule has 0 aromatic carbocycles. The maximum atomic E-state index is 12.3. The monoisotopic (exact) mass is 252 g/mol. The second-order valence-corrected chi connectivity index (χ2v) is 6.12. The van der Waals surface area contributed by atoms with E-state index in [0.717, 1.165) is 38.9 Å². The first kappa shape index (κ1) is 13.9. The molecule has 0 radical (unpaired) electrons. The molecule has 1 saturated heterocycles. The molecular formula is C15H28N2O. The normalized spacial score (nSPS) is 23.9. The second-order valence-electron chi connectivity index (χ2n) is 6.12. The van der Waals surface area contributed by atoms with E-state index in [1.54, 1.807) is 0 Å². The summed E-state index contributed by atoms with van der Waals surface area (Å²) in [5.41, 5.74) is 5.69. The Morgan fingerprint density at radius 1 is 0.944 bits per heavy atom. The number of piperidine rings is 1. The van der Waals surface area contributed by atoms with E-state index in [1.165, 1.54) is 38.5 Å². The Morgan fingerprint density at radius 2 is 1.56 bits per heavy atom. The third-order valence-corrected chi connectivity index (χ3v) is 4.74. The molecule has 1 heterocycles. The van der Waals surface area contributed by atoms with Gasteiger partial charge < -0.3 is 10.6 Å². The largest absolute Gasteiger partial charge is 0.343 e. The van der Waals surface area contributed by atoms with Gasteiger partial charge in [0.05, 0.1) is 0 Å². The second kappa shape index (κ2) is 7.13. The van der Waals surface area contributed by atoms with Crippen molar-refractivity contribution >= 4 is 5.91 Å². The van der Waals surface area contributed by atoms with Gasteiger partial charge in [0, 0.05) is 19.5 Å². The molecule has 0 bridgehead atoms. The summed E-state index contributed by atoms with van der Waals surface area (Å²) in [4.78, 5) is 14.3. The van der Waals surface area contributed by atoms with Crippen LogP contribution >= 0.6 is 0 Å². The zero-order valence-corrected chi connectivity index (χ0v) is 11.6. The lowest BCUT2D eigenvalue weighted by Crippen LogP contribution is -2.40. The van der Waals surface area contributed by atoms with Gasteiger partial charge in [-0.05, 0) is 44.1 Å². The van der Waals surface area contributed by atoms with E-state index in [4.69, 9.17) is 5.73 Å². The first-order chi connectivity index (χ1) is 8.79. The highest BCUT2D eigenvalue weighted by molar-refractivity contribution is 5.76. The third-order valence-electron chi connectivity index (χ3n) is 4.74. The van der Waals surface area contributed by atoms with E-state index < -0.39 is 0 Å². The zero-order chi connectivity index (χ0) is 12.8. The number of hydrogen-bond acceptors (Lipinski definition) is 2. The molecular weight excluding hydrogens is 224 g/mol. The van der Waals surface area contributed by atoms with Gasteiger partial charge in [0.25, 0.3) is 0 Å². The van der Waals surface area contributed by atoms with Crippen LogP contribution in [0.5, 0.6) is 0 Å². The minimum absolute atomic E-state index is 0.400. The van der Waals surface area contributed by atoms with Gasteiger partial charge in [0.15, 0.2) is 0 Å². The summed E-state index contributed by atoms with van der Waals surface area (Å²) < 4.78 is 0. The van der Waals surface area contributed by atoms with Crippen LogP contribution in [0.25, 0.3) is 0 Å². The van der Waals surface area contributed by atoms with E-state index in [9.17, 15) is 4.79 Å². The molecule has 0 atom stereocenters. The summed E-state index contributed by atoms with van der Waals surface area (Å²) in [6.07, 6.45) is 10.9. The molecule has 0 unspecified atom stereocenters. The van der Waals surface area contributed by atoms with Gasteiger partial charge in [-0.15, -0.1) is 0 Å². The van der Waals surface area contributed by atoms with Crippen LogP contribution in [0.1, 0.15) is 57.8 Å². The molecule has 1 aliphatic carbocycles. The van der Waals surface area contributed by atoms with Gasteiger partial charge in [-0.1, -0.05) is 25.7 Å². The van der Waals surface area contributed by atoms with E-state index in [0.29, 0.717) is 17.7 Å². The molecule has 2 aliphatic rings. The lowest BCUT2D eigenvalue weighted by molar-refractivity contribution is -0.133. The predicted octanol–water partition coefficient (Wildman–Crippen LogP) is 2.54. The van der Waals surface area contributed by atoms with Crippen molar-refractivity contribution in [1.82, 2.24) is 4.90 Å². The number of likely N-dealkylation sites (tertiary alicyclic amines) is 1. The fraction of sp³-hybridized carbons (Fsp3) is 0.933. The van der Waals surface area contributed by atoms with Gasteiger partial charge in [-0.25, -0.2) is 0 Å². The Hall–Kier alpha value is -0.570. The van der Waals surface area contributed by atoms with E-state index in [1.807, 2.05) is 0 Å². The number of hydrogen-bond donors (Lipinski definition) is 1. The first-order valence-corrected chi connectivity index (χ1v) is 7.77. The van der Waals surface area contributed by atoms with Crippen molar-refractivity contribution in [2.75, 3.05) is 19.6 Å². The first-order valence-electron chi connectivity index (χ1n) is 7.77. The highest BCUT2D eigenvalue weighted by Crippen LogP contribution is 2.26. The molecule has 18 heavy (non-hydrogen) atoms. The van der Waals surface area contributed by atoms with Crippen molar-refractivity contribution in [3.05, 3.63) is 0 Å². The molecule has 1 aliphatic heterocycles. The quantitative estimate of drug-likeness (QED) is 0.785. The summed E-state index contributed by atoms with van der Waals surface area (Å²) in [7, 11) is 0. The van der Waals surface area contributed by atoms with Crippen LogP contribution < -0.4 is 5.73 Å². The fourth-order valence-corrected chi connectivity index (χ4v) is 3.36. The molecule has 104 valence electrons. The van der Waals surface area contributed by atoms with Crippen LogP contribution in [0.15, 0.2) is 0 Å². The Labute approximate surface area is 111 Å². The number of carbonyl (C=O) groups is 1. The lowest BCUT2D eigenvalue weighted by Gasteiger charge is -2.32. The molecule has 3 heteroatoms. The average molecular weight is 252 g/mol. The Morgan fingerprint density at radius 3 is 2.11 bits per heavy atom. The number of carbonyl (C=O) groups excluding carboxylic acids is 1. The number of nitrogens with zero attached hydrogens (tertiary/aromatic N) is 1. The van der Waals surface area contributed by atoms with Crippen LogP contribution in [0.3, 0.4) is 0 Å². The number of nitrogens with two attached hydrogens (primary N) is 1. The summed E-state index contributed by atoms with van der Waals surface area (Å²) in [6.45, 7) is 2.66. The predicted molar refractivity (Wildman–Crippen MR) is 74.2 cm³/mol. The standard InChI is InChI=1S/C15H28N2O/c16-12-14-7-9-17(10-8-14)15(18)11-13-5-3-1-2-4-6-13/h13-14H,1-12,16H2. The highest BCUT2D eigenvalue weighted by Gasteiger charge is 2.24. The molecule has 0 aromatic heterocycles. The molecule has 1 amide bonds. The van der Waals surface area contributed by atoms with Crippen LogP contribution in [-0.4, -0.2) is 30.4 Å². The molecule has 0 aromatic rings. The molecule has 3 nitrogen and oxygen atoms in total. The van der Waals surface area contributed by atoms with Crippen molar-refractivity contribution in [2.24, 2.45) is 17.6 Å².